The van der Waals surface area contributed by atoms with Gasteiger partial charge in [0.05, 0.1) is 4.83 Å². The number of ether oxygens (including phenoxy) is 1. The van der Waals surface area contributed by atoms with Crippen LogP contribution in [0.4, 0.5) is 0 Å². The molecular formula is C29H48Br2O2. The fraction of sp³-hybridized carbons (Fsp3) is 0.966. The van der Waals surface area contributed by atoms with Gasteiger partial charge >= 0.3 is 5.97 Å². The van der Waals surface area contributed by atoms with Gasteiger partial charge in [-0.15, -0.1) is 0 Å². The molecule has 0 radical (unpaired) electrons. The molecule has 4 heteroatoms. The smallest absolute Gasteiger partial charge is 0.302 e. The van der Waals surface area contributed by atoms with Crippen molar-refractivity contribution in [3.63, 3.8) is 0 Å². The van der Waals surface area contributed by atoms with E-state index in [1.165, 1.54) is 57.8 Å². The highest BCUT2D eigenvalue weighted by atomic mass is 79.9. The molecule has 0 N–H and O–H groups in total. The zero-order valence-electron chi connectivity index (χ0n) is 21.9. The Morgan fingerprint density at radius 3 is 2.30 bits per heavy atom. The summed E-state index contributed by atoms with van der Waals surface area (Å²) < 4.78 is 5.75. The third kappa shape index (κ3) is 4.76. The average molecular weight is 589 g/mol. The lowest BCUT2D eigenvalue weighted by molar-refractivity contribution is -0.157. The fourth-order valence-corrected chi connectivity index (χ4v) is 12.7. The van der Waals surface area contributed by atoms with E-state index in [0.717, 1.165) is 41.9 Å². The lowest BCUT2D eigenvalue weighted by Crippen LogP contribution is -2.60. The van der Waals surface area contributed by atoms with Gasteiger partial charge < -0.3 is 4.74 Å². The first-order valence-corrected chi connectivity index (χ1v) is 15.8. The summed E-state index contributed by atoms with van der Waals surface area (Å²) in [7, 11) is 0. The molecular weight excluding hydrogens is 540 g/mol. The van der Waals surface area contributed by atoms with E-state index >= 15 is 0 Å². The van der Waals surface area contributed by atoms with Gasteiger partial charge in [0.2, 0.25) is 0 Å². The summed E-state index contributed by atoms with van der Waals surface area (Å²) in [6.45, 7) is 14.1. The van der Waals surface area contributed by atoms with Crippen LogP contribution < -0.4 is 0 Å². The van der Waals surface area contributed by atoms with Gasteiger partial charge in [-0.25, -0.2) is 0 Å². The molecule has 4 saturated carbocycles. The summed E-state index contributed by atoms with van der Waals surface area (Å²) in [5.41, 5.74) is 0.876. The van der Waals surface area contributed by atoms with Crippen molar-refractivity contribution in [1.29, 1.82) is 0 Å². The maximum absolute atomic E-state index is 11.7. The zero-order valence-corrected chi connectivity index (χ0v) is 25.1. The molecule has 4 aliphatic rings. The number of alkyl halides is 2. The van der Waals surface area contributed by atoms with Crippen molar-refractivity contribution >= 4 is 37.8 Å². The first-order valence-electron chi connectivity index (χ1n) is 13.9. The van der Waals surface area contributed by atoms with E-state index in [4.69, 9.17) is 4.74 Å². The highest BCUT2D eigenvalue weighted by Gasteiger charge is 2.64. The standard InChI is InChI=1S/C29H48Br2O2/c1-17(2)8-7-9-18(3)21-10-11-22-20-16-24(30)26-27(31)25(33-19(4)32)13-15-29(26,6)23(20)12-14-28(21,22)5/h17-18,20-27H,7-16H2,1-6H3/t18-,20+,21-,22+,23+,24?,25?,26?,27-,28-,29-/m1/s1. The molecule has 0 amide bonds. The Kier molecular flexibility index (Phi) is 8.08. The van der Waals surface area contributed by atoms with Crippen molar-refractivity contribution in [3.05, 3.63) is 0 Å². The summed E-state index contributed by atoms with van der Waals surface area (Å²) in [5.74, 6) is 5.59. The molecule has 0 heterocycles. The van der Waals surface area contributed by atoms with Gasteiger partial charge in [0.25, 0.3) is 0 Å². The number of rotatable bonds is 6. The molecule has 0 aliphatic heterocycles. The van der Waals surface area contributed by atoms with Crippen LogP contribution in [0.2, 0.25) is 0 Å². The maximum Gasteiger partial charge on any atom is 0.302 e. The summed E-state index contributed by atoms with van der Waals surface area (Å²) in [6.07, 6.45) is 13.5. The first-order chi connectivity index (χ1) is 15.5. The largest absolute Gasteiger partial charge is 0.461 e. The number of hydrogen-bond donors (Lipinski definition) is 0. The van der Waals surface area contributed by atoms with E-state index in [1.54, 1.807) is 6.92 Å². The Morgan fingerprint density at radius 1 is 0.970 bits per heavy atom. The van der Waals surface area contributed by atoms with Gasteiger partial charge in [0.15, 0.2) is 0 Å². The van der Waals surface area contributed by atoms with Gasteiger partial charge in [-0.1, -0.05) is 85.7 Å². The molecule has 0 spiro atoms. The fourth-order valence-electron chi connectivity index (χ4n) is 9.62. The minimum Gasteiger partial charge on any atom is -0.461 e. The SMILES string of the molecule is CC(=O)OC1CC[C@@]2(C)C(C(Br)C[C@H]3[C@@H]4CC[C@H]([C@H](C)CCCC(C)C)[C@@]4(C)CC[C@@H]32)[C@@H]1Br. The van der Waals surface area contributed by atoms with E-state index in [2.05, 4.69) is 66.5 Å². The summed E-state index contributed by atoms with van der Waals surface area (Å²) in [4.78, 5) is 12.5. The molecule has 0 aromatic rings. The van der Waals surface area contributed by atoms with Crippen LogP contribution in [0.5, 0.6) is 0 Å². The van der Waals surface area contributed by atoms with Crippen LogP contribution in [0.3, 0.4) is 0 Å². The molecule has 11 atom stereocenters. The van der Waals surface area contributed by atoms with Gasteiger partial charge in [-0.2, -0.15) is 0 Å². The van der Waals surface area contributed by atoms with Crippen molar-refractivity contribution in [2.45, 2.75) is 122 Å². The van der Waals surface area contributed by atoms with Crippen molar-refractivity contribution in [2.75, 3.05) is 0 Å². The number of esters is 1. The molecule has 190 valence electrons. The first kappa shape index (κ1) is 26.5. The van der Waals surface area contributed by atoms with Crippen LogP contribution in [-0.4, -0.2) is 21.7 Å². The Bertz CT molecular complexity index is 710. The highest BCUT2D eigenvalue weighted by Crippen LogP contribution is 2.69. The van der Waals surface area contributed by atoms with E-state index in [-0.39, 0.29) is 16.9 Å². The third-order valence-electron chi connectivity index (χ3n) is 11.1. The minimum absolute atomic E-state index is 0.0218. The normalized spacial score (nSPS) is 48.0. The van der Waals surface area contributed by atoms with Crippen molar-refractivity contribution in [1.82, 2.24) is 0 Å². The number of fused-ring (bicyclic) bond motifs is 5. The van der Waals surface area contributed by atoms with Crippen LogP contribution in [0.25, 0.3) is 0 Å². The molecule has 3 unspecified atom stereocenters. The van der Waals surface area contributed by atoms with Crippen LogP contribution in [0.1, 0.15) is 106 Å². The van der Waals surface area contributed by atoms with Crippen molar-refractivity contribution in [3.8, 4) is 0 Å². The summed E-state index contributed by atoms with van der Waals surface area (Å²) in [5, 5.41) is 0. The molecule has 0 bridgehead atoms. The highest BCUT2D eigenvalue weighted by molar-refractivity contribution is 9.10. The molecule has 4 fully saturated rings. The van der Waals surface area contributed by atoms with Gasteiger partial charge in [-0.3, -0.25) is 4.79 Å². The van der Waals surface area contributed by atoms with Crippen LogP contribution in [0, 0.1) is 52.3 Å². The second-order valence-electron chi connectivity index (χ2n) is 13.3. The van der Waals surface area contributed by atoms with Crippen molar-refractivity contribution < 1.29 is 9.53 Å². The van der Waals surface area contributed by atoms with E-state index in [9.17, 15) is 4.79 Å². The molecule has 0 saturated heterocycles. The topological polar surface area (TPSA) is 26.3 Å². The Hall–Kier alpha value is 0.430. The number of hydrogen-bond acceptors (Lipinski definition) is 2. The predicted molar refractivity (Wildman–Crippen MR) is 145 cm³/mol. The number of carbonyl (C=O) groups is 1. The summed E-state index contributed by atoms with van der Waals surface area (Å²) in [6, 6.07) is 0. The second kappa shape index (κ2) is 10.1. The minimum atomic E-state index is -0.138. The van der Waals surface area contributed by atoms with E-state index in [0.29, 0.717) is 21.6 Å². The third-order valence-corrected chi connectivity index (χ3v) is 13.2. The lowest BCUT2D eigenvalue weighted by atomic mass is 9.44. The zero-order chi connectivity index (χ0) is 24.1. The molecule has 33 heavy (non-hydrogen) atoms. The summed E-state index contributed by atoms with van der Waals surface area (Å²) >= 11 is 8.24. The van der Waals surface area contributed by atoms with Crippen molar-refractivity contribution in [2.24, 2.45) is 52.3 Å². The number of carbonyl (C=O) groups excluding carboxylic acids is 1. The van der Waals surface area contributed by atoms with Crippen LogP contribution in [0.15, 0.2) is 0 Å². The lowest BCUT2D eigenvalue weighted by Gasteiger charge is -2.63. The Balaban J connectivity index is 1.50. The van der Waals surface area contributed by atoms with Crippen LogP contribution in [-0.2, 0) is 9.53 Å². The molecule has 0 aromatic carbocycles. The monoisotopic (exact) mass is 586 g/mol. The van der Waals surface area contributed by atoms with E-state index in [1.807, 2.05) is 0 Å². The second-order valence-corrected chi connectivity index (χ2v) is 15.6. The van der Waals surface area contributed by atoms with E-state index < -0.39 is 0 Å². The van der Waals surface area contributed by atoms with Gasteiger partial charge in [-0.05, 0) is 97.2 Å². The Morgan fingerprint density at radius 2 is 1.64 bits per heavy atom. The quantitative estimate of drug-likeness (QED) is 0.229. The molecule has 4 rings (SSSR count). The molecule has 0 aromatic heterocycles. The van der Waals surface area contributed by atoms with Gasteiger partial charge in [0, 0.05) is 11.8 Å². The maximum atomic E-state index is 11.7. The molecule has 2 nitrogen and oxygen atoms in total. The van der Waals surface area contributed by atoms with Crippen LogP contribution >= 0.6 is 31.9 Å². The molecule has 4 aliphatic carbocycles. The Labute approximate surface area is 220 Å². The number of halogens is 2. The predicted octanol–water partition coefficient (Wildman–Crippen LogP) is 8.79. The van der Waals surface area contributed by atoms with Gasteiger partial charge in [0.1, 0.15) is 6.10 Å². The average Bonchev–Trinajstić information content (AvgIpc) is 3.07.